The van der Waals surface area contributed by atoms with Crippen molar-refractivity contribution in [1.82, 2.24) is 0 Å². The summed E-state index contributed by atoms with van der Waals surface area (Å²) in [5.74, 6) is 0. The number of ether oxygens (including phenoxy) is 2. The fraction of sp³-hybridized carbons (Fsp3) is 0.857. The lowest BCUT2D eigenvalue weighted by Crippen LogP contribution is -2.52. The molecule has 0 aromatic carbocycles. The van der Waals surface area contributed by atoms with E-state index in [2.05, 4.69) is 4.74 Å². The molecule has 0 amide bonds. The third-order valence-corrected chi connectivity index (χ3v) is 1.88. The molecule has 12 heavy (non-hydrogen) atoms. The smallest absolute Gasteiger partial charge is 0.434 e. The molecule has 1 aliphatic rings. The van der Waals surface area contributed by atoms with E-state index in [0.717, 1.165) is 0 Å². The van der Waals surface area contributed by atoms with Crippen LogP contribution in [0.2, 0.25) is 0 Å². The molecule has 1 rings (SSSR count). The second kappa shape index (κ2) is 3.73. The van der Waals surface area contributed by atoms with E-state index in [-0.39, 0.29) is 4.65 Å². The molecule has 5 nitrogen and oxygen atoms in total. The van der Waals surface area contributed by atoms with E-state index in [4.69, 9.17) is 9.57 Å². The van der Waals surface area contributed by atoms with Gasteiger partial charge in [0.25, 0.3) is 0 Å². The Hall–Kier alpha value is -0.810. The van der Waals surface area contributed by atoms with Gasteiger partial charge in [0, 0.05) is 0 Å². The predicted molar refractivity (Wildman–Crippen MR) is 40.2 cm³/mol. The van der Waals surface area contributed by atoms with Crippen molar-refractivity contribution in [1.29, 1.82) is 0 Å². The Bertz CT molecular complexity index is 165. The molecule has 0 atom stereocenters. The molecule has 0 saturated carbocycles. The first-order valence-corrected chi connectivity index (χ1v) is 3.86. The summed E-state index contributed by atoms with van der Waals surface area (Å²) in [6.07, 6.45) is -0.639. The van der Waals surface area contributed by atoms with Gasteiger partial charge in [-0.25, -0.2) is 4.84 Å². The van der Waals surface area contributed by atoms with Gasteiger partial charge in [-0.05, 0) is 0 Å². The quantitative estimate of drug-likeness (QED) is 0.421. The van der Waals surface area contributed by atoms with Gasteiger partial charge >= 0.3 is 6.16 Å². The summed E-state index contributed by atoms with van der Waals surface area (Å²) in [4.78, 5) is 15.8. The second-order valence-electron chi connectivity index (χ2n) is 2.90. The molecular weight excluding hydrogens is 162 g/mol. The zero-order valence-electron chi connectivity index (χ0n) is 7.41. The van der Waals surface area contributed by atoms with Gasteiger partial charge in [-0.3, -0.25) is 0 Å². The highest BCUT2D eigenvalue weighted by atomic mass is 16.8. The third kappa shape index (κ3) is 2.35. The molecule has 70 valence electrons. The molecule has 1 fully saturated rings. The third-order valence-electron chi connectivity index (χ3n) is 1.88. The van der Waals surface area contributed by atoms with Gasteiger partial charge < -0.3 is 9.47 Å². The van der Waals surface area contributed by atoms with Crippen molar-refractivity contribution in [3.8, 4) is 0 Å². The molecule has 0 aromatic rings. The Labute approximate surface area is 71.3 Å². The summed E-state index contributed by atoms with van der Waals surface area (Å²) in [5.41, 5.74) is 0. The minimum Gasteiger partial charge on any atom is -0.434 e. The summed E-state index contributed by atoms with van der Waals surface area (Å²) in [7, 11) is 3.13. The van der Waals surface area contributed by atoms with Crippen LogP contribution in [0.4, 0.5) is 4.79 Å². The molecule has 1 saturated heterocycles. The number of hydroxylamine groups is 3. The first-order valence-electron chi connectivity index (χ1n) is 3.86. The Morgan fingerprint density at radius 2 is 2.00 bits per heavy atom. The monoisotopic (exact) mass is 176 g/mol. The van der Waals surface area contributed by atoms with Crippen LogP contribution in [-0.2, 0) is 14.3 Å². The summed E-state index contributed by atoms with van der Waals surface area (Å²) >= 11 is 0. The topological polar surface area (TPSA) is 44.8 Å². The van der Waals surface area contributed by atoms with E-state index in [1.165, 1.54) is 7.11 Å². The largest absolute Gasteiger partial charge is 0.559 e. The maximum Gasteiger partial charge on any atom is 0.559 e. The number of hydrogen-bond donors (Lipinski definition) is 0. The van der Waals surface area contributed by atoms with Gasteiger partial charge in [-0.1, -0.05) is 0 Å². The zero-order chi connectivity index (χ0) is 9.03. The maximum atomic E-state index is 10.8. The van der Waals surface area contributed by atoms with Gasteiger partial charge in [0.15, 0.2) is 0 Å². The minimum atomic E-state index is -0.639. The molecule has 0 bridgehead atoms. The van der Waals surface area contributed by atoms with Crippen LogP contribution in [0.3, 0.4) is 0 Å². The molecule has 1 heterocycles. The number of carbonyl (C=O) groups is 1. The average molecular weight is 176 g/mol. The van der Waals surface area contributed by atoms with Crippen LogP contribution >= 0.6 is 0 Å². The van der Waals surface area contributed by atoms with Crippen LogP contribution in [0.5, 0.6) is 0 Å². The van der Waals surface area contributed by atoms with Crippen molar-refractivity contribution in [2.75, 3.05) is 40.5 Å². The Balaban J connectivity index is 2.41. The molecule has 0 unspecified atom stereocenters. The number of carbonyl (C=O) groups excluding carboxylic acids is 1. The first kappa shape index (κ1) is 9.28. The summed E-state index contributed by atoms with van der Waals surface area (Å²) < 4.78 is 9.78. The van der Waals surface area contributed by atoms with Crippen molar-refractivity contribution >= 4 is 6.16 Å². The van der Waals surface area contributed by atoms with Gasteiger partial charge in [-0.2, -0.15) is 4.79 Å². The zero-order valence-corrected chi connectivity index (χ0v) is 7.41. The van der Waals surface area contributed by atoms with Crippen molar-refractivity contribution in [3.05, 3.63) is 0 Å². The number of quaternary nitrogens is 1. The summed E-state index contributed by atoms with van der Waals surface area (Å²) in [6.45, 7) is 2.59. The van der Waals surface area contributed by atoms with E-state index in [0.29, 0.717) is 26.3 Å². The Morgan fingerprint density at radius 1 is 1.42 bits per heavy atom. The number of nitrogens with zero attached hydrogens (tertiary/aromatic N) is 1. The van der Waals surface area contributed by atoms with Gasteiger partial charge in [-0.15, -0.1) is 4.65 Å². The second-order valence-corrected chi connectivity index (χ2v) is 2.90. The SMILES string of the molecule is COC(=O)O[N+]1(C)CCOCC1. The van der Waals surface area contributed by atoms with Crippen LogP contribution in [-0.4, -0.2) is 51.3 Å². The van der Waals surface area contributed by atoms with Gasteiger partial charge in [0.1, 0.15) is 20.1 Å². The normalized spacial score (nSPS) is 21.5. The minimum absolute atomic E-state index is 0.243. The molecule has 0 N–H and O–H groups in total. The lowest BCUT2D eigenvalue weighted by atomic mass is 10.4. The number of rotatable bonds is 1. The van der Waals surface area contributed by atoms with E-state index >= 15 is 0 Å². The standard InChI is InChI=1S/C7H14NO4/c1-8(12-7(9)10-2)3-5-11-6-4-8/h3-6H2,1-2H3/q+1. The molecule has 0 aliphatic carbocycles. The highest BCUT2D eigenvalue weighted by molar-refractivity contribution is 5.58. The maximum absolute atomic E-state index is 10.8. The van der Waals surface area contributed by atoms with Crippen LogP contribution < -0.4 is 0 Å². The Kier molecular flexibility index (Phi) is 2.88. The highest BCUT2D eigenvalue weighted by Gasteiger charge is 2.31. The summed E-state index contributed by atoms with van der Waals surface area (Å²) in [5, 5.41) is 0. The average Bonchev–Trinajstić information content (AvgIpc) is 2.05. The fourth-order valence-corrected chi connectivity index (χ4v) is 1.04. The molecule has 5 heteroatoms. The molecular formula is C7H14NO4+. The lowest BCUT2D eigenvalue weighted by molar-refractivity contribution is -1.08. The number of hydrogen-bond acceptors (Lipinski definition) is 4. The first-order chi connectivity index (χ1) is 5.66. The van der Waals surface area contributed by atoms with Crippen LogP contribution in [0.15, 0.2) is 0 Å². The van der Waals surface area contributed by atoms with Gasteiger partial charge in [0.05, 0.1) is 20.3 Å². The van der Waals surface area contributed by atoms with Crippen molar-refractivity contribution in [2.24, 2.45) is 0 Å². The van der Waals surface area contributed by atoms with E-state index in [1.807, 2.05) is 7.05 Å². The van der Waals surface area contributed by atoms with Crippen LogP contribution in [0.25, 0.3) is 0 Å². The van der Waals surface area contributed by atoms with Crippen LogP contribution in [0, 0.1) is 0 Å². The van der Waals surface area contributed by atoms with Crippen molar-refractivity contribution in [2.45, 2.75) is 0 Å². The number of likely N-dealkylation sites (N-methyl/N-ethyl adjacent to an activating group) is 1. The number of morpholine rings is 1. The molecule has 0 aromatic heterocycles. The van der Waals surface area contributed by atoms with E-state index in [1.54, 1.807) is 0 Å². The molecule has 0 spiro atoms. The number of methoxy groups -OCH3 is 1. The summed E-state index contributed by atoms with van der Waals surface area (Å²) in [6, 6.07) is 0. The van der Waals surface area contributed by atoms with E-state index < -0.39 is 6.16 Å². The predicted octanol–water partition coefficient (Wildman–Crippen LogP) is 0.161. The van der Waals surface area contributed by atoms with Crippen LogP contribution in [0.1, 0.15) is 0 Å². The Morgan fingerprint density at radius 3 is 2.50 bits per heavy atom. The molecule has 1 aliphatic heterocycles. The lowest BCUT2D eigenvalue weighted by Gasteiger charge is -2.32. The fourth-order valence-electron chi connectivity index (χ4n) is 1.04. The van der Waals surface area contributed by atoms with Crippen molar-refractivity contribution in [3.63, 3.8) is 0 Å². The molecule has 0 radical (unpaired) electrons. The van der Waals surface area contributed by atoms with Gasteiger partial charge in [0.2, 0.25) is 0 Å². The highest BCUT2D eigenvalue weighted by Crippen LogP contribution is 2.09. The van der Waals surface area contributed by atoms with Crippen molar-refractivity contribution < 1.29 is 23.8 Å². The van der Waals surface area contributed by atoms with E-state index in [9.17, 15) is 4.79 Å².